The summed E-state index contributed by atoms with van der Waals surface area (Å²) in [6.07, 6.45) is 5.45. The maximum Gasteiger partial charge on any atom is 0.232 e. The minimum absolute atomic E-state index is 0.477. The zero-order valence-corrected chi connectivity index (χ0v) is 12.2. The highest BCUT2D eigenvalue weighted by atomic mass is 79.9. The van der Waals surface area contributed by atoms with E-state index in [0.717, 1.165) is 11.0 Å². The topological polar surface area (TPSA) is 25.4 Å². The molecule has 2 rings (SSSR count). The van der Waals surface area contributed by atoms with E-state index in [2.05, 4.69) is 32.9 Å². The summed E-state index contributed by atoms with van der Waals surface area (Å²) in [5.41, 5.74) is 0. The van der Waals surface area contributed by atoms with Crippen molar-refractivity contribution in [1.82, 2.24) is 9.88 Å². The van der Waals surface area contributed by atoms with Gasteiger partial charge in [-0.05, 0) is 48.4 Å². The molecule has 5 heteroatoms. The smallest absolute Gasteiger partial charge is 0.232 e. The first-order chi connectivity index (χ1) is 8.16. The number of nitrogens with zero attached hydrogens (tertiary/aromatic N) is 2. The van der Waals surface area contributed by atoms with Crippen molar-refractivity contribution in [1.29, 1.82) is 0 Å². The van der Waals surface area contributed by atoms with Crippen LogP contribution in [0, 0.1) is 0 Å². The van der Waals surface area contributed by atoms with Gasteiger partial charge in [0, 0.05) is 16.7 Å². The number of hydrogen-bond acceptors (Lipinski definition) is 3. The van der Waals surface area contributed by atoms with Crippen LogP contribution in [0.1, 0.15) is 19.3 Å². The molecule has 2 heterocycles. The zero-order chi connectivity index (χ0) is 12.3. The van der Waals surface area contributed by atoms with Gasteiger partial charge in [0.25, 0.3) is 0 Å². The number of piperidine rings is 1. The quantitative estimate of drug-likeness (QED) is 0.854. The maximum absolute atomic E-state index is 6.05. The third-order valence-electron chi connectivity index (χ3n) is 3.11. The second-order valence-electron chi connectivity index (χ2n) is 4.38. The first-order valence-electron chi connectivity index (χ1n) is 5.81. The van der Waals surface area contributed by atoms with Gasteiger partial charge in [0.2, 0.25) is 5.88 Å². The number of pyridine rings is 1. The molecule has 0 amide bonds. The van der Waals surface area contributed by atoms with Crippen LogP contribution in [-0.2, 0) is 0 Å². The monoisotopic (exact) mass is 318 g/mol. The average Bonchev–Trinajstić information content (AvgIpc) is 2.30. The lowest BCUT2D eigenvalue weighted by molar-refractivity contribution is 0.122. The Morgan fingerprint density at radius 2 is 2.41 bits per heavy atom. The van der Waals surface area contributed by atoms with Crippen LogP contribution >= 0.6 is 27.5 Å². The number of hydrogen-bond donors (Lipinski definition) is 0. The van der Waals surface area contributed by atoms with Gasteiger partial charge >= 0.3 is 0 Å². The van der Waals surface area contributed by atoms with Crippen LogP contribution in [0.25, 0.3) is 0 Å². The Morgan fingerprint density at radius 1 is 1.59 bits per heavy atom. The highest BCUT2D eigenvalue weighted by Gasteiger charge is 2.19. The van der Waals surface area contributed by atoms with Crippen molar-refractivity contribution >= 4 is 27.5 Å². The SMILES string of the molecule is CN1CCCCC1COc1ncc(Br)cc1Cl. The van der Waals surface area contributed by atoms with Crippen molar-refractivity contribution in [2.75, 3.05) is 20.2 Å². The predicted molar refractivity (Wildman–Crippen MR) is 72.7 cm³/mol. The third kappa shape index (κ3) is 3.57. The molecule has 1 aliphatic rings. The van der Waals surface area contributed by atoms with E-state index in [-0.39, 0.29) is 0 Å². The molecule has 0 bridgehead atoms. The molecule has 1 aliphatic heterocycles. The molecule has 1 aromatic rings. The Kier molecular flexibility index (Phi) is 4.65. The normalized spacial score (nSPS) is 21.5. The van der Waals surface area contributed by atoms with Crippen LogP contribution < -0.4 is 4.74 Å². The van der Waals surface area contributed by atoms with Gasteiger partial charge in [-0.2, -0.15) is 0 Å². The van der Waals surface area contributed by atoms with Gasteiger partial charge in [0.1, 0.15) is 11.6 Å². The van der Waals surface area contributed by atoms with E-state index in [1.165, 1.54) is 19.3 Å². The summed E-state index contributed by atoms with van der Waals surface area (Å²) in [5, 5.41) is 0.554. The lowest BCUT2D eigenvalue weighted by Crippen LogP contribution is -2.40. The number of halogens is 2. The van der Waals surface area contributed by atoms with Crippen LogP contribution in [0.5, 0.6) is 5.88 Å². The van der Waals surface area contributed by atoms with Crippen molar-refractivity contribution in [2.45, 2.75) is 25.3 Å². The summed E-state index contributed by atoms with van der Waals surface area (Å²) in [7, 11) is 2.14. The number of likely N-dealkylation sites (tertiary alicyclic amines) is 1. The first-order valence-corrected chi connectivity index (χ1v) is 6.98. The van der Waals surface area contributed by atoms with Crippen molar-refractivity contribution in [3.05, 3.63) is 21.8 Å². The fourth-order valence-corrected chi connectivity index (χ4v) is 2.72. The Morgan fingerprint density at radius 3 is 3.12 bits per heavy atom. The molecule has 1 aromatic heterocycles. The Bertz CT molecular complexity index is 389. The molecule has 0 aliphatic carbocycles. The molecule has 0 N–H and O–H groups in total. The molecule has 0 aromatic carbocycles. The molecule has 3 nitrogen and oxygen atoms in total. The number of likely N-dealkylation sites (N-methyl/N-ethyl adjacent to an activating group) is 1. The highest BCUT2D eigenvalue weighted by molar-refractivity contribution is 9.10. The second-order valence-corrected chi connectivity index (χ2v) is 5.70. The molecule has 94 valence electrons. The van der Waals surface area contributed by atoms with E-state index in [9.17, 15) is 0 Å². The van der Waals surface area contributed by atoms with Crippen molar-refractivity contribution in [3.8, 4) is 5.88 Å². The number of ether oxygens (including phenoxy) is 1. The van der Waals surface area contributed by atoms with Crippen molar-refractivity contribution < 1.29 is 4.74 Å². The molecule has 0 spiro atoms. The summed E-state index contributed by atoms with van der Waals surface area (Å²) in [6.45, 7) is 1.81. The minimum atomic E-state index is 0.477. The fraction of sp³-hybridized carbons (Fsp3) is 0.583. The predicted octanol–water partition coefficient (Wildman–Crippen LogP) is 3.36. The van der Waals surface area contributed by atoms with E-state index in [4.69, 9.17) is 16.3 Å². The highest BCUT2D eigenvalue weighted by Crippen LogP contribution is 2.25. The molecular weight excluding hydrogens is 304 g/mol. The largest absolute Gasteiger partial charge is 0.475 e. The van der Waals surface area contributed by atoms with Gasteiger partial charge in [-0.1, -0.05) is 18.0 Å². The van der Waals surface area contributed by atoms with Gasteiger partial charge < -0.3 is 9.64 Å². The molecular formula is C12H16BrClN2O. The minimum Gasteiger partial charge on any atom is -0.475 e. The van der Waals surface area contributed by atoms with Gasteiger partial charge in [-0.15, -0.1) is 0 Å². The average molecular weight is 320 g/mol. The Balaban J connectivity index is 1.92. The third-order valence-corrected chi connectivity index (χ3v) is 3.81. The van der Waals surface area contributed by atoms with Gasteiger partial charge in [-0.3, -0.25) is 0 Å². The standard InChI is InChI=1S/C12H16BrClN2O/c1-16-5-3-2-4-10(16)8-17-12-11(14)6-9(13)7-15-12/h6-7,10H,2-5,8H2,1H3. The van der Waals surface area contributed by atoms with Gasteiger partial charge in [-0.25, -0.2) is 4.98 Å². The molecule has 1 fully saturated rings. The van der Waals surface area contributed by atoms with Crippen molar-refractivity contribution in [3.63, 3.8) is 0 Å². The van der Waals surface area contributed by atoms with E-state index in [1.54, 1.807) is 12.3 Å². The van der Waals surface area contributed by atoms with E-state index in [1.807, 2.05) is 0 Å². The van der Waals surface area contributed by atoms with Crippen LogP contribution in [-0.4, -0.2) is 36.1 Å². The van der Waals surface area contributed by atoms with Crippen LogP contribution in [0.15, 0.2) is 16.7 Å². The second kappa shape index (κ2) is 6.03. The molecule has 17 heavy (non-hydrogen) atoms. The Labute approximate surface area is 115 Å². The van der Waals surface area contributed by atoms with Crippen molar-refractivity contribution in [2.24, 2.45) is 0 Å². The van der Waals surface area contributed by atoms with Crippen LogP contribution in [0.3, 0.4) is 0 Å². The fourth-order valence-electron chi connectivity index (χ4n) is 2.04. The van der Waals surface area contributed by atoms with E-state index < -0.39 is 0 Å². The summed E-state index contributed by atoms with van der Waals surface area (Å²) >= 11 is 9.38. The van der Waals surface area contributed by atoms with Gasteiger partial charge in [0.15, 0.2) is 0 Å². The summed E-state index contributed by atoms with van der Waals surface area (Å²) in [6, 6.07) is 2.28. The van der Waals surface area contributed by atoms with E-state index >= 15 is 0 Å². The number of aromatic nitrogens is 1. The van der Waals surface area contributed by atoms with E-state index in [0.29, 0.717) is 23.6 Å². The first kappa shape index (κ1) is 13.1. The summed E-state index contributed by atoms with van der Waals surface area (Å²) in [4.78, 5) is 6.51. The molecule has 1 atom stereocenters. The maximum atomic E-state index is 6.05. The lowest BCUT2D eigenvalue weighted by atomic mass is 10.0. The number of rotatable bonds is 3. The summed E-state index contributed by atoms with van der Waals surface area (Å²) < 4.78 is 6.56. The Hall–Kier alpha value is -0.320. The molecule has 0 saturated carbocycles. The summed E-state index contributed by atoms with van der Waals surface area (Å²) in [5.74, 6) is 0.522. The van der Waals surface area contributed by atoms with Gasteiger partial charge in [0.05, 0.1) is 0 Å². The zero-order valence-electron chi connectivity index (χ0n) is 9.83. The molecule has 1 saturated heterocycles. The van der Waals surface area contributed by atoms with Crippen LogP contribution in [0.4, 0.5) is 0 Å². The lowest BCUT2D eigenvalue weighted by Gasteiger charge is -2.32. The molecule has 0 radical (unpaired) electrons. The molecule has 1 unspecified atom stereocenters. The van der Waals surface area contributed by atoms with Crippen LogP contribution in [0.2, 0.25) is 5.02 Å².